The molecule has 0 radical (unpaired) electrons. The van der Waals surface area contributed by atoms with Gasteiger partial charge >= 0.3 is 5.97 Å². The number of carbonyl (C=O) groups excluding carboxylic acids is 2. The van der Waals surface area contributed by atoms with Gasteiger partial charge in [0.15, 0.2) is 5.78 Å². The summed E-state index contributed by atoms with van der Waals surface area (Å²) in [7, 11) is 0. The Morgan fingerprint density at radius 3 is 1.73 bits per heavy atom. The Kier molecular flexibility index (Phi) is 6.57. The summed E-state index contributed by atoms with van der Waals surface area (Å²) >= 11 is 0. The average molecular weight is 396 g/mol. The van der Waals surface area contributed by atoms with Crippen LogP contribution in [0.4, 0.5) is 0 Å². The minimum Gasteiger partial charge on any atom is -0.466 e. The van der Waals surface area contributed by atoms with Crippen molar-refractivity contribution in [1.82, 2.24) is 0 Å². The molecule has 1 aliphatic carbocycles. The smallest absolute Gasteiger partial charge is 0.309 e. The van der Waals surface area contributed by atoms with Gasteiger partial charge in [-0.15, -0.1) is 0 Å². The van der Waals surface area contributed by atoms with E-state index in [1.807, 2.05) is 0 Å². The van der Waals surface area contributed by atoms with Crippen LogP contribution >= 0.6 is 0 Å². The number of ether oxygens (including phenoxy) is 1. The standard InChI is InChI=1S/C25H20N2O3/c1-2-30-25(29)23-13-21(11-17-3-7-19(15-26)8-4-17)24(28)22(14-23)12-18-5-9-20(16-27)10-6-18/h3-12,23H,2,13-14H2,1H3/b21-11-,22-12+. The second-order valence-electron chi connectivity index (χ2n) is 6.99. The molecule has 1 fully saturated rings. The highest BCUT2D eigenvalue weighted by atomic mass is 16.5. The Balaban J connectivity index is 1.96. The predicted octanol–water partition coefficient (Wildman–Crippen LogP) is 4.44. The fourth-order valence-corrected chi connectivity index (χ4v) is 3.38. The Labute approximate surface area is 175 Å². The van der Waals surface area contributed by atoms with Gasteiger partial charge in [0.05, 0.1) is 35.8 Å². The van der Waals surface area contributed by atoms with E-state index in [4.69, 9.17) is 15.3 Å². The molecule has 148 valence electrons. The topological polar surface area (TPSA) is 90.9 Å². The molecule has 0 amide bonds. The molecule has 1 unspecified atom stereocenters. The number of esters is 1. The molecule has 0 aromatic heterocycles. The van der Waals surface area contributed by atoms with Crippen LogP contribution in [-0.4, -0.2) is 18.4 Å². The van der Waals surface area contributed by atoms with E-state index in [0.29, 0.717) is 35.1 Å². The van der Waals surface area contributed by atoms with Gasteiger partial charge in [-0.25, -0.2) is 0 Å². The minimum atomic E-state index is -0.433. The molecular formula is C25H20N2O3. The van der Waals surface area contributed by atoms with E-state index in [-0.39, 0.29) is 18.4 Å². The van der Waals surface area contributed by atoms with E-state index >= 15 is 0 Å². The Bertz CT molecular complexity index is 1020. The van der Waals surface area contributed by atoms with Gasteiger partial charge in [-0.05, 0) is 67.3 Å². The first kappa shape index (κ1) is 20.8. The molecule has 0 N–H and O–H groups in total. The van der Waals surface area contributed by atoms with Crippen molar-refractivity contribution >= 4 is 23.9 Å². The largest absolute Gasteiger partial charge is 0.466 e. The van der Waals surface area contributed by atoms with Crippen LogP contribution in [-0.2, 0) is 14.3 Å². The molecular weight excluding hydrogens is 376 g/mol. The van der Waals surface area contributed by atoms with Crippen molar-refractivity contribution in [2.75, 3.05) is 6.61 Å². The van der Waals surface area contributed by atoms with E-state index < -0.39 is 5.92 Å². The number of nitriles is 2. The Hall–Kier alpha value is -3.96. The van der Waals surface area contributed by atoms with Crippen molar-refractivity contribution in [3.63, 3.8) is 0 Å². The number of carbonyl (C=O) groups is 2. The number of Topliss-reactive ketones (excluding diaryl/α,β-unsaturated/α-hetero) is 1. The van der Waals surface area contributed by atoms with Crippen LogP contribution in [0.15, 0.2) is 59.7 Å². The number of allylic oxidation sites excluding steroid dienone is 2. The zero-order valence-electron chi connectivity index (χ0n) is 16.6. The number of hydrogen-bond donors (Lipinski definition) is 0. The highest BCUT2D eigenvalue weighted by molar-refractivity contribution is 6.14. The van der Waals surface area contributed by atoms with Crippen molar-refractivity contribution in [2.45, 2.75) is 19.8 Å². The highest BCUT2D eigenvalue weighted by Crippen LogP contribution is 2.33. The van der Waals surface area contributed by atoms with Gasteiger partial charge in [0.1, 0.15) is 0 Å². The Morgan fingerprint density at radius 1 is 0.933 bits per heavy atom. The molecule has 2 aromatic carbocycles. The molecule has 0 aliphatic heterocycles. The number of rotatable bonds is 4. The molecule has 3 rings (SSSR count). The summed E-state index contributed by atoms with van der Waals surface area (Å²) in [5.41, 5.74) is 3.72. The van der Waals surface area contributed by atoms with E-state index in [1.165, 1.54) is 0 Å². The van der Waals surface area contributed by atoms with Gasteiger partial charge < -0.3 is 4.74 Å². The van der Waals surface area contributed by atoms with Gasteiger partial charge in [-0.3, -0.25) is 9.59 Å². The Morgan fingerprint density at radius 2 is 1.37 bits per heavy atom. The van der Waals surface area contributed by atoms with Crippen molar-refractivity contribution in [3.05, 3.63) is 81.9 Å². The van der Waals surface area contributed by atoms with Crippen LogP contribution < -0.4 is 0 Å². The van der Waals surface area contributed by atoms with Crippen molar-refractivity contribution in [2.24, 2.45) is 5.92 Å². The molecule has 0 saturated heterocycles. The zero-order chi connectivity index (χ0) is 21.5. The molecule has 30 heavy (non-hydrogen) atoms. The normalized spacial score (nSPS) is 18.6. The first-order valence-corrected chi connectivity index (χ1v) is 9.67. The summed E-state index contributed by atoms with van der Waals surface area (Å²) in [4.78, 5) is 25.5. The van der Waals surface area contributed by atoms with Crippen molar-refractivity contribution in [1.29, 1.82) is 10.5 Å². The van der Waals surface area contributed by atoms with Crippen molar-refractivity contribution in [3.8, 4) is 12.1 Å². The maximum atomic E-state index is 13.1. The molecule has 1 atom stereocenters. The number of ketones is 1. The molecule has 1 aliphatic rings. The monoisotopic (exact) mass is 396 g/mol. The summed E-state index contributed by atoms with van der Waals surface area (Å²) < 4.78 is 5.20. The van der Waals surface area contributed by atoms with Crippen LogP contribution in [0.1, 0.15) is 42.0 Å². The van der Waals surface area contributed by atoms with Crippen LogP contribution in [0.3, 0.4) is 0 Å². The average Bonchev–Trinajstić information content (AvgIpc) is 2.77. The number of hydrogen-bond acceptors (Lipinski definition) is 5. The second-order valence-corrected chi connectivity index (χ2v) is 6.99. The lowest BCUT2D eigenvalue weighted by molar-refractivity contribution is -0.148. The number of benzene rings is 2. The SMILES string of the molecule is CCOC(=O)C1C/C(=C/c2ccc(C#N)cc2)C(=O)/C(=C/c2ccc(C#N)cc2)C1. The summed E-state index contributed by atoms with van der Waals surface area (Å²) in [6, 6.07) is 18.0. The third-order valence-corrected chi connectivity index (χ3v) is 4.90. The molecule has 2 aromatic rings. The van der Waals surface area contributed by atoms with E-state index in [2.05, 4.69) is 12.1 Å². The first-order valence-electron chi connectivity index (χ1n) is 9.67. The number of nitrogens with zero attached hydrogens (tertiary/aromatic N) is 2. The zero-order valence-corrected chi connectivity index (χ0v) is 16.6. The molecule has 0 spiro atoms. The van der Waals surface area contributed by atoms with Crippen LogP contribution in [0, 0.1) is 28.6 Å². The predicted molar refractivity (Wildman–Crippen MR) is 113 cm³/mol. The molecule has 1 saturated carbocycles. The van der Waals surface area contributed by atoms with Gasteiger partial charge in [-0.1, -0.05) is 24.3 Å². The van der Waals surface area contributed by atoms with E-state index in [1.54, 1.807) is 67.6 Å². The fourth-order valence-electron chi connectivity index (χ4n) is 3.38. The van der Waals surface area contributed by atoms with E-state index in [9.17, 15) is 9.59 Å². The molecule has 0 bridgehead atoms. The maximum absolute atomic E-state index is 13.1. The fraction of sp³-hybridized carbons (Fsp3) is 0.200. The maximum Gasteiger partial charge on any atom is 0.309 e. The van der Waals surface area contributed by atoms with Crippen LogP contribution in [0.2, 0.25) is 0 Å². The molecule has 5 nitrogen and oxygen atoms in total. The second kappa shape index (κ2) is 9.49. The third-order valence-electron chi connectivity index (χ3n) is 4.90. The summed E-state index contributed by atoms with van der Waals surface area (Å²) in [6.45, 7) is 2.04. The van der Waals surface area contributed by atoms with Gasteiger partial charge in [0, 0.05) is 11.1 Å². The van der Waals surface area contributed by atoms with Crippen molar-refractivity contribution < 1.29 is 14.3 Å². The lowest BCUT2D eigenvalue weighted by Gasteiger charge is -2.24. The molecule has 0 heterocycles. The van der Waals surface area contributed by atoms with Gasteiger partial charge in [-0.2, -0.15) is 10.5 Å². The summed E-state index contributed by atoms with van der Waals surface area (Å²) in [5, 5.41) is 17.9. The quantitative estimate of drug-likeness (QED) is 0.563. The lowest BCUT2D eigenvalue weighted by atomic mass is 9.79. The summed E-state index contributed by atoms with van der Waals surface area (Å²) in [6.07, 6.45) is 4.15. The molecule has 5 heteroatoms. The first-order chi connectivity index (χ1) is 14.5. The lowest BCUT2D eigenvalue weighted by Crippen LogP contribution is -2.27. The third kappa shape index (κ3) is 4.90. The highest BCUT2D eigenvalue weighted by Gasteiger charge is 2.32. The van der Waals surface area contributed by atoms with E-state index in [0.717, 1.165) is 11.1 Å². The van der Waals surface area contributed by atoms with Crippen LogP contribution in [0.25, 0.3) is 12.2 Å². The minimum absolute atomic E-state index is 0.107. The summed E-state index contributed by atoms with van der Waals surface area (Å²) in [5.74, 6) is -0.859. The van der Waals surface area contributed by atoms with Gasteiger partial charge in [0.2, 0.25) is 0 Å². The van der Waals surface area contributed by atoms with Crippen LogP contribution in [0.5, 0.6) is 0 Å². The van der Waals surface area contributed by atoms with Gasteiger partial charge in [0.25, 0.3) is 0 Å².